The quantitative estimate of drug-likeness (QED) is 0.326. The molecule has 3 aromatic carbocycles. The second-order valence-electron chi connectivity index (χ2n) is 8.69. The van der Waals surface area contributed by atoms with E-state index in [1.165, 1.54) is 36.0 Å². The molecule has 1 fully saturated rings. The molecule has 0 bridgehead atoms. The van der Waals surface area contributed by atoms with Gasteiger partial charge in [0.2, 0.25) is 11.8 Å². The van der Waals surface area contributed by atoms with Gasteiger partial charge in [0.05, 0.1) is 16.6 Å². The Balaban J connectivity index is 1.41. The van der Waals surface area contributed by atoms with Crippen molar-refractivity contribution < 1.29 is 18.7 Å². The first kappa shape index (κ1) is 24.0. The SMILES string of the molecule is O=C1C2Sc3[nH]c(=O)sc3[C@H](c3ccccc3OCc3ccc(Cl)cc3)C2C(=O)N1c1ccc(F)cc1. The van der Waals surface area contributed by atoms with Gasteiger partial charge in [0.15, 0.2) is 0 Å². The number of nitrogens with one attached hydrogen (secondary N) is 1. The molecule has 1 aromatic heterocycles. The maximum atomic E-state index is 13.8. The number of para-hydroxylation sites is 1. The van der Waals surface area contributed by atoms with Crippen molar-refractivity contribution in [1.29, 1.82) is 0 Å². The number of imide groups is 1. The van der Waals surface area contributed by atoms with Crippen LogP contribution in [0, 0.1) is 11.7 Å². The second kappa shape index (κ2) is 9.48. The van der Waals surface area contributed by atoms with Gasteiger partial charge in [-0.2, -0.15) is 0 Å². The summed E-state index contributed by atoms with van der Waals surface area (Å²) in [6.45, 7) is 0.272. The number of fused-ring (bicyclic) bond motifs is 2. The number of amides is 2. The molecule has 37 heavy (non-hydrogen) atoms. The smallest absolute Gasteiger partial charge is 0.305 e. The van der Waals surface area contributed by atoms with Crippen molar-refractivity contribution in [1.82, 2.24) is 4.98 Å². The Labute approximate surface area is 224 Å². The van der Waals surface area contributed by atoms with Crippen LogP contribution in [0.5, 0.6) is 5.75 Å². The minimum absolute atomic E-state index is 0.252. The van der Waals surface area contributed by atoms with Crippen molar-refractivity contribution in [2.24, 2.45) is 5.92 Å². The van der Waals surface area contributed by atoms with Crippen LogP contribution in [0.4, 0.5) is 10.1 Å². The number of thioether (sulfide) groups is 1. The molecule has 2 aliphatic rings. The molecule has 3 atom stereocenters. The van der Waals surface area contributed by atoms with E-state index in [0.29, 0.717) is 31.9 Å². The molecule has 2 unspecified atom stereocenters. The van der Waals surface area contributed by atoms with Gasteiger partial charge in [-0.15, -0.1) is 0 Å². The van der Waals surface area contributed by atoms with Crippen LogP contribution >= 0.6 is 34.7 Å². The number of halogens is 2. The highest BCUT2D eigenvalue weighted by molar-refractivity contribution is 8.00. The summed E-state index contributed by atoms with van der Waals surface area (Å²) < 4.78 is 19.7. The Morgan fingerprint density at radius 1 is 0.946 bits per heavy atom. The van der Waals surface area contributed by atoms with Crippen LogP contribution in [0.3, 0.4) is 0 Å². The monoisotopic (exact) mass is 552 g/mol. The lowest BCUT2D eigenvalue weighted by atomic mass is 9.82. The molecule has 1 N–H and O–H groups in total. The Bertz CT molecular complexity index is 1570. The summed E-state index contributed by atoms with van der Waals surface area (Å²) in [5.41, 5.74) is 1.94. The first-order valence-corrected chi connectivity index (χ1v) is 13.5. The molecule has 4 aromatic rings. The molecular formula is C27H18ClFN2O4S2. The van der Waals surface area contributed by atoms with Gasteiger partial charge in [0.1, 0.15) is 23.4 Å². The number of carbonyl (C=O) groups excluding carboxylic acids is 2. The van der Waals surface area contributed by atoms with Crippen molar-refractivity contribution >= 4 is 52.2 Å². The highest BCUT2D eigenvalue weighted by atomic mass is 35.5. The van der Waals surface area contributed by atoms with E-state index >= 15 is 0 Å². The molecular weight excluding hydrogens is 535 g/mol. The molecule has 1 saturated heterocycles. The van der Waals surface area contributed by atoms with E-state index in [0.717, 1.165) is 21.8 Å². The molecule has 3 heterocycles. The Morgan fingerprint density at radius 3 is 2.43 bits per heavy atom. The number of carbonyl (C=O) groups is 2. The molecule has 0 spiro atoms. The van der Waals surface area contributed by atoms with Gasteiger partial charge in [-0.3, -0.25) is 14.4 Å². The average molecular weight is 553 g/mol. The zero-order valence-corrected chi connectivity index (χ0v) is 21.4. The molecule has 6 nitrogen and oxygen atoms in total. The van der Waals surface area contributed by atoms with Gasteiger partial charge in [-0.05, 0) is 48.0 Å². The molecule has 6 rings (SSSR count). The fourth-order valence-corrected chi connectivity index (χ4v) is 7.44. The number of rotatable bonds is 5. The second-order valence-corrected chi connectivity index (χ2v) is 11.3. The van der Waals surface area contributed by atoms with E-state index in [1.807, 2.05) is 36.4 Å². The van der Waals surface area contributed by atoms with Crippen molar-refractivity contribution in [3.8, 4) is 5.75 Å². The maximum absolute atomic E-state index is 13.8. The first-order chi connectivity index (χ1) is 17.9. The van der Waals surface area contributed by atoms with Gasteiger partial charge < -0.3 is 9.72 Å². The van der Waals surface area contributed by atoms with Crippen LogP contribution in [0.25, 0.3) is 0 Å². The van der Waals surface area contributed by atoms with E-state index in [9.17, 15) is 18.8 Å². The van der Waals surface area contributed by atoms with Gasteiger partial charge in [0, 0.05) is 21.4 Å². The van der Waals surface area contributed by atoms with Crippen molar-refractivity contribution in [3.05, 3.63) is 109 Å². The predicted octanol–water partition coefficient (Wildman–Crippen LogP) is 5.60. The van der Waals surface area contributed by atoms with E-state index in [4.69, 9.17) is 16.3 Å². The van der Waals surface area contributed by atoms with Crippen LogP contribution < -0.4 is 14.5 Å². The van der Waals surface area contributed by atoms with Crippen molar-refractivity contribution in [2.75, 3.05) is 4.90 Å². The highest BCUT2D eigenvalue weighted by Crippen LogP contribution is 2.54. The number of H-pyrrole nitrogens is 1. The predicted molar refractivity (Wildman–Crippen MR) is 141 cm³/mol. The van der Waals surface area contributed by atoms with E-state index in [-0.39, 0.29) is 11.5 Å². The Kier molecular flexibility index (Phi) is 6.14. The van der Waals surface area contributed by atoms with Crippen molar-refractivity contribution in [2.45, 2.75) is 22.8 Å². The zero-order valence-electron chi connectivity index (χ0n) is 19.0. The fraction of sp³-hybridized carbons (Fsp3) is 0.148. The van der Waals surface area contributed by atoms with Gasteiger partial charge in [-0.1, -0.05) is 65.0 Å². The number of hydrogen-bond acceptors (Lipinski definition) is 6. The number of aromatic nitrogens is 1. The zero-order chi connectivity index (χ0) is 25.7. The van der Waals surface area contributed by atoms with Gasteiger partial charge >= 0.3 is 4.87 Å². The fourth-order valence-electron chi connectivity index (χ4n) is 4.81. The molecule has 2 aliphatic heterocycles. The summed E-state index contributed by atoms with van der Waals surface area (Å²) >= 11 is 8.22. The van der Waals surface area contributed by atoms with Gasteiger partial charge in [-0.25, -0.2) is 9.29 Å². The van der Waals surface area contributed by atoms with E-state index in [2.05, 4.69) is 4.98 Å². The van der Waals surface area contributed by atoms with Crippen LogP contribution in [0.1, 0.15) is 21.9 Å². The lowest BCUT2D eigenvalue weighted by Crippen LogP contribution is -2.32. The minimum Gasteiger partial charge on any atom is -0.489 e. The molecule has 186 valence electrons. The number of hydrogen-bond donors (Lipinski definition) is 1. The topological polar surface area (TPSA) is 79.5 Å². The standard InChI is InChI=1S/C27H18ClFN2O4S2/c28-15-7-5-14(6-8-15)13-35-19-4-2-1-3-18(19)20-21-23(36-24-22(20)37-27(34)30-24)26(33)31(25(21)32)17-11-9-16(29)10-12-17/h1-12,20-21,23H,13H2,(H,30,34)/t20-,21?,23?/m1/s1. The first-order valence-electron chi connectivity index (χ1n) is 11.4. The van der Waals surface area contributed by atoms with Crippen LogP contribution in [-0.2, 0) is 16.2 Å². The van der Waals surface area contributed by atoms with Crippen molar-refractivity contribution in [3.63, 3.8) is 0 Å². The van der Waals surface area contributed by atoms with Gasteiger partial charge in [0.25, 0.3) is 0 Å². The lowest BCUT2D eigenvalue weighted by molar-refractivity contribution is -0.122. The number of anilines is 1. The number of nitrogens with zero attached hydrogens (tertiary/aromatic N) is 1. The summed E-state index contributed by atoms with van der Waals surface area (Å²) in [6, 6.07) is 19.9. The number of benzene rings is 3. The molecule has 0 aliphatic carbocycles. The Hall–Kier alpha value is -3.40. The molecule has 10 heteroatoms. The third-order valence-corrected chi connectivity index (χ3v) is 9.12. The Morgan fingerprint density at radius 2 is 1.68 bits per heavy atom. The van der Waals surface area contributed by atoms with E-state index < -0.39 is 34.7 Å². The normalized spacial score (nSPS) is 20.6. The maximum Gasteiger partial charge on any atom is 0.305 e. The highest BCUT2D eigenvalue weighted by Gasteiger charge is 2.56. The number of thiazole rings is 1. The summed E-state index contributed by atoms with van der Waals surface area (Å²) in [5, 5.41) is 0.459. The number of aromatic amines is 1. The average Bonchev–Trinajstić information content (AvgIpc) is 3.39. The van der Waals surface area contributed by atoms with E-state index in [1.54, 1.807) is 12.1 Å². The summed E-state index contributed by atoms with van der Waals surface area (Å²) in [5.74, 6) is -2.03. The largest absolute Gasteiger partial charge is 0.489 e. The third-order valence-electron chi connectivity index (χ3n) is 6.47. The van der Waals surface area contributed by atoms with Crippen LogP contribution in [-0.4, -0.2) is 22.0 Å². The molecule has 0 radical (unpaired) electrons. The number of ether oxygens (including phenoxy) is 1. The summed E-state index contributed by atoms with van der Waals surface area (Å²) in [6.07, 6.45) is 0. The summed E-state index contributed by atoms with van der Waals surface area (Å²) in [7, 11) is 0. The van der Waals surface area contributed by atoms with Crippen LogP contribution in [0.2, 0.25) is 5.02 Å². The lowest BCUT2D eigenvalue weighted by Gasteiger charge is -2.30. The molecule has 0 saturated carbocycles. The molecule has 2 amide bonds. The van der Waals surface area contributed by atoms with Crippen LogP contribution in [0.15, 0.2) is 82.6 Å². The third kappa shape index (κ3) is 4.27. The summed E-state index contributed by atoms with van der Waals surface area (Å²) in [4.78, 5) is 44.1. The minimum atomic E-state index is -0.762.